The number of amides is 1. The Bertz CT molecular complexity index is 725. The minimum atomic E-state index is -0.0872. The molecule has 2 N–H and O–H groups in total. The maximum atomic E-state index is 12.6. The lowest BCUT2D eigenvalue weighted by Crippen LogP contribution is -2.47. The van der Waals surface area contributed by atoms with Crippen molar-refractivity contribution in [1.82, 2.24) is 15.6 Å². The van der Waals surface area contributed by atoms with Gasteiger partial charge in [0.05, 0.1) is 6.61 Å². The minimum Gasteiger partial charge on any atom is -0.489 e. The van der Waals surface area contributed by atoms with E-state index in [9.17, 15) is 4.79 Å². The zero-order valence-corrected chi connectivity index (χ0v) is 15.7. The summed E-state index contributed by atoms with van der Waals surface area (Å²) in [5.41, 5.74) is 1.59. The highest BCUT2D eigenvalue weighted by molar-refractivity contribution is 5.94. The average Bonchev–Trinajstić information content (AvgIpc) is 2.72. The molecule has 0 aliphatic carbocycles. The van der Waals surface area contributed by atoms with Crippen LogP contribution in [0.2, 0.25) is 0 Å². The summed E-state index contributed by atoms with van der Waals surface area (Å²) in [6, 6.07) is 11.1. The molecule has 0 atom stereocenters. The van der Waals surface area contributed by atoms with E-state index in [0.29, 0.717) is 31.1 Å². The van der Waals surface area contributed by atoms with Gasteiger partial charge in [-0.25, -0.2) is 0 Å². The predicted octanol–water partition coefficient (Wildman–Crippen LogP) is 2.41. The molecule has 3 rings (SSSR count). The molecule has 1 aromatic carbocycles. The smallest absolute Gasteiger partial charge is 0.251 e. The Kier molecular flexibility index (Phi) is 6.79. The molecule has 1 fully saturated rings. The Morgan fingerprint density at radius 1 is 1.26 bits per heavy atom. The molecule has 0 radical (unpaired) electrons. The van der Waals surface area contributed by atoms with Gasteiger partial charge in [-0.2, -0.15) is 0 Å². The molecular formula is C21H27N3O3. The van der Waals surface area contributed by atoms with Crippen LogP contribution < -0.4 is 15.4 Å². The highest BCUT2D eigenvalue weighted by Gasteiger charge is 2.32. The van der Waals surface area contributed by atoms with E-state index in [4.69, 9.17) is 9.47 Å². The molecule has 6 nitrogen and oxygen atoms in total. The second-order valence-corrected chi connectivity index (χ2v) is 7.04. The van der Waals surface area contributed by atoms with Crippen molar-refractivity contribution in [3.05, 3.63) is 59.9 Å². The van der Waals surface area contributed by atoms with Crippen molar-refractivity contribution in [2.24, 2.45) is 5.41 Å². The first-order valence-corrected chi connectivity index (χ1v) is 9.30. The number of methoxy groups -OCH3 is 1. The minimum absolute atomic E-state index is 0.00405. The van der Waals surface area contributed by atoms with Gasteiger partial charge in [-0.3, -0.25) is 9.78 Å². The first kappa shape index (κ1) is 19.3. The number of aromatic nitrogens is 1. The summed E-state index contributed by atoms with van der Waals surface area (Å²) in [6.45, 7) is 3.60. The van der Waals surface area contributed by atoms with Gasteiger partial charge in [-0.1, -0.05) is 12.1 Å². The van der Waals surface area contributed by atoms with Crippen molar-refractivity contribution in [2.75, 3.05) is 33.4 Å². The van der Waals surface area contributed by atoms with Crippen LogP contribution in [-0.4, -0.2) is 44.2 Å². The molecule has 2 heterocycles. The number of benzene rings is 1. The third kappa shape index (κ3) is 5.52. The van der Waals surface area contributed by atoms with Crippen LogP contribution in [0.5, 0.6) is 5.75 Å². The highest BCUT2D eigenvalue weighted by atomic mass is 16.5. The fraction of sp³-hybridized carbons (Fsp3) is 0.429. The number of piperidine rings is 1. The van der Waals surface area contributed by atoms with Crippen LogP contribution in [0.25, 0.3) is 0 Å². The zero-order chi connectivity index (χ0) is 19.0. The van der Waals surface area contributed by atoms with Crippen molar-refractivity contribution in [3.63, 3.8) is 0 Å². The summed E-state index contributed by atoms with van der Waals surface area (Å²) < 4.78 is 11.2. The summed E-state index contributed by atoms with van der Waals surface area (Å²) in [6.07, 6.45) is 5.49. The molecule has 6 heteroatoms. The average molecular weight is 369 g/mol. The quantitative estimate of drug-likeness (QED) is 0.748. The molecule has 144 valence electrons. The molecule has 1 aromatic heterocycles. The fourth-order valence-electron chi connectivity index (χ4n) is 3.38. The molecule has 0 bridgehead atoms. The van der Waals surface area contributed by atoms with Gasteiger partial charge in [0.1, 0.15) is 12.4 Å². The maximum absolute atomic E-state index is 12.6. The fourth-order valence-corrected chi connectivity index (χ4v) is 3.38. The van der Waals surface area contributed by atoms with Crippen LogP contribution in [0.4, 0.5) is 0 Å². The van der Waals surface area contributed by atoms with Crippen molar-refractivity contribution < 1.29 is 14.3 Å². The molecule has 0 saturated carbocycles. The largest absolute Gasteiger partial charge is 0.489 e. The van der Waals surface area contributed by atoms with E-state index in [1.54, 1.807) is 31.6 Å². The third-order valence-corrected chi connectivity index (χ3v) is 4.96. The molecule has 2 aromatic rings. The van der Waals surface area contributed by atoms with Gasteiger partial charge in [-0.15, -0.1) is 0 Å². The van der Waals surface area contributed by atoms with Crippen molar-refractivity contribution in [2.45, 2.75) is 19.4 Å². The lowest BCUT2D eigenvalue weighted by Gasteiger charge is -2.37. The van der Waals surface area contributed by atoms with Gasteiger partial charge in [-0.05, 0) is 50.2 Å². The molecule has 27 heavy (non-hydrogen) atoms. The van der Waals surface area contributed by atoms with E-state index >= 15 is 0 Å². The number of nitrogens with zero attached hydrogens (tertiary/aromatic N) is 1. The number of nitrogens with one attached hydrogen (secondary N) is 2. The number of carbonyl (C=O) groups is 1. The summed E-state index contributed by atoms with van der Waals surface area (Å²) >= 11 is 0. The normalized spacial score (nSPS) is 15.9. The molecule has 1 aliphatic heterocycles. The van der Waals surface area contributed by atoms with E-state index in [0.717, 1.165) is 31.5 Å². The van der Waals surface area contributed by atoms with Gasteiger partial charge >= 0.3 is 0 Å². The van der Waals surface area contributed by atoms with Crippen molar-refractivity contribution in [3.8, 4) is 5.75 Å². The highest BCUT2D eigenvalue weighted by Crippen LogP contribution is 2.28. The van der Waals surface area contributed by atoms with Crippen LogP contribution in [0.15, 0.2) is 48.8 Å². The maximum Gasteiger partial charge on any atom is 0.251 e. The van der Waals surface area contributed by atoms with Gasteiger partial charge < -0.3 is 20.1 Å². The van der Waals surface area contributed by atoms with Gasteiger partial charge in [0.15, 0.2) is 0 Å². The Hall–Kier alpha value is -2.44. The molecule has 1 amide bonds. The molecule has 0 spiro atoms. The van der Waals surface area contributed by atoms with Crippen molar-refractivity contribution >= 4 is 5.91 Å². The van der Waals surface area contributed by atoms with E-state index in [1.807, 2.05) is 24.3 Å². The summed E-state index contributed by atoms with van der Waals surface area (Å²) in [4.78, 5) is 16.7. The first-order valence-electron chi connectivity index (χ1n) is 9.30. The molecule has 1 saturated heterocycles. The summed E-state index contributed by atoms with van der Waals surface area (Å²) in [7, 11) is 1.72. The second-order valence-electron chi connectivity index (χ2n) is 7.04. The SMILES string of the molecule is COCC1(CNC(=O)c2cccc(OCc3cccnc3)c2)CCNCC1. The number of ether oxygens (including phenoxy) is 2. The third-order valence-electron chi connectivity index (χ3n) is 4.96. The lowest BCUT2D eigenvalue weighted by molar-refractivity contribution is 0.0511. The standard InChI is InChI=1S/C21H27N3O3/c1-26-16-21(7-10-22-11-8-21)15-24-20(25)18-5-2-6-19(12-18)27-14-17-4-3-9-23-13-17/h2-6,9,12-13,22H,7-8,10-11,14-16H2,1H3,(H,24,25). The number of hydrogen-bond donors (Lipinski definition) is 2. The predicted molar refractivity (Wildman–Crippen MR) is 104 cm³/mol. The zero-order valence-electron chi connectivity index (χ0n) is 15.7. The molecular weight excluding hydrogens is 342 g/mol. The van der Waals surface area contributed by atoms with Gasteiger partial charge in [0.2, 0.25) is 0 Å². The summed E-state index contributed by atoms with van der Waals surface area (Å²) in [5, 5.41) is 6.45. The molecule has 0 unspecified atom stereocenters. The van der Waals surface area contributed by atoms with Crippen LogP contribution in [0.3, 0.4) is 0 Å². The Balaban J connectivity index is 1.58. The van der Waals surface area contributed by atoms with Gasteiger partial charge in [0, 0.05) is 42.6 Å². The second kappa shape index (κ2) is 9.48. The van der Waals surface area contributed by atoms with Crippen molar-refractivity contribution in [1.29, 1.82) is 0 Å². The lowest BCUT2D eigenvalue weighted by atomic mass is 9.79. The van der Waals surface area contributed by atoms with E-state index < -0.39 is 0 Å². The summed E-state index contributed by atoms with van der Waals surface area (Å²) in [5.74, 6) is 0.579. The first-order chi connectivity index (χ1) is 13.2. The topological polar surface area (TPSA) is 72.5 Å². The monoisotopic (exact) mass is 369 g/mol. The Morgan fingerprint density at radius 3 is 2.85 bits per heavy atom. The van der Waals surface area contributed by atoms with Crippen LogP contribution in [-0.2, 0) is 11.3 Å². The van der Waals surface area contributed by atoms with E-state index in [2.05, 4.69) is 15.6 Å². The number of carbonyl (C=O) groups excluding carboxylic acids is 1. The van der Waals surface area contributed by atoms with Crippen LogP contribution in [0.1, 0.15) is 28.8 Å². The van der Waals surface area contributed by atoms with E-state index in [-0.39, 0.29) is 11.3 Å². The Morgan fingerprint density at radius 2 is 2.11 bits per heavy atom. The molecule has 1 aliphatic rings. The Labute approximate surface area is 160 Å². The van der Waals surface area contributed by atoms with E-state index in [1.165, 1.54) is 0 Å². The number of pyridine rings is 1. The van der Waals surface area contributed by atoms with Gasteiger partial charge in [0.25, 0.3) is 5.91 Å². The van der Waals surface area contributed by atoms with Crippen LogP contribution in [0, 0.1) is 5.41 Å². The van der Waals surface area contributed by atoms with Crippen LogP contribution >= 0.6 is 0 Å². The number of rotatable bonds is 8. The number of hydrogen-bond acceptors (Lipinski definition) is 5.